The monoisotopic (exact) mass is 181 g/mol. The molecule has 0 aliphatic heterocycles. The molecule has 3 nitrogen and oxygen atoms in total. The normalized spacial score (nSPS) is 15.3. The molecule has 0 saturated heterocycles. The molecule has 13 heavy (non-hydrogen) atoms. The zero-order valence-electron chi connectivity index (χ0n) is 7.97. The lowest BCUT2D eigenvalue weighted by Gasteiger charge is -2.16. The van der Waals surface area contributed by atoms with Crippen LogP contribution in [0.2, 0.25) is 0 Å². The summed E-state index contributed by atoms with van der Waals surface area (Å²) in [4.78, 5) is 3.90. The summed E-state index contributed by atoms with van der Waals surface area (Å²) in [5, 5.41) is 9.63. The van der Waals surface area contributed by atoms with Gasteiger partial charge in [-0.15, -0.1) is 0 Å². The van der Waals surface area contributed by atoms with Gasteiger partial charge in [0, 0.05) is 25.9 Å². The highest BCUT2D eigenvalue weighted by atomic mass is 16.5. The molecule has 1 rings (SSSR count). The van der Waals surface area contributed by atoms with Gasteiger partial charge in [0.1, 0.15) is 0 Å². The molecule has 1 aromatic rings. The number of rotatable bonds is 4. The van der Waals surface area contributed by atoms with Crippen LogP contribution < -0.4 is 0 Å². The van der Waals surface area contributed by atoms with Gasteiger partial charge in [-0.05, 0) is 24.6 Å². The Hall–Kier alpha value is -0.930. The van der Waals surface area contributed by atoms with Gasteiger partial charge in [0.15, 0.2) is 0 Å². The van der Waals surface area contributed by atoms with Gasteiger partial charge < -0.3 is 9.84 Å². The van der Waals surface area contributed by atoms with Gasteiger partial charge in [-0.25, -0.2) is 0 Å². The number of aromatic nitrogens is 1. The number of ether oxygens (including phenoxy) is 1. The molecule has 1 heterocycles. The van der Waals surface area contributed by atoms with E-state index in [9.17, 15) is 5.11 Å². The lowest BCUT2D eigenvalue weighted by atomic mass is 10.1. The molecular weight excluding hydrogens is 166 g/mol. The van der Waals surface area contributed by atoms with E-state index in [1.807, 2.05) is 19.1 Å². The average molecular weight is 181 g/mol. The first-order chi connectivity index (χ1) is 6.24. The summed E-state index contributed by atoms with van der Waals surface area (Å²) in [5.41, 5.74) is 1.08. The third-order valence-electron chi connectivity index (χ3n) is 2.11. The summed E-state index contributed by atoms with van der Waals surface area (Å²) >= 11 is 0. The second-order valence-electron chi connectivity index (χ2n) is 3.07. The molecule has 0 aliphatic carbocycles. The van der Waals surface area contributed by atoms with Crippen LogP contribution in [0.15, 0.2) is 24.5 Å². The average Bonchev–Trinajstić information content (AvgIpc) is 2.18. The number of aliphatic hydroxyl groups excluding tert-OH is 1. The van der Waals surface area contributed by atoms with E-state index in [2.05, 4.69) is 4.98 Å². The van der Waals surface area contributed by atoms with Gasteiger partial charge in [-0.3, -0.25) is 4.98 Å². The first-order valence-electron chi connectivity index (χ1n) is 4.34. The minimum Gasteiger partial charge on any atom is -0.390 e. The highest BCUT2D eigenvalue weighted by Gasteiger charge is 2.13. The Morgan fingerprint density at radius 3 is 2.62 bits per heavy atom. The van der Waals surface area contributed by atoms with Crippen molar-refractivity contribution in [3.8, 4) is 0 Å². The van der Waals surface area contributed by atoms with Gasteiger partial charge in [0.05, 0.1) is 12.2 Å². The van der Waals surface area contributed by atoms with Crippen molar-refractivity contribution in [2.24, 2.45) is 0 Å². The van der Waals surface area contributed by atoms with Crippen LogP contribution in [0.5, 0.6) is 0 Å². The van der Waals surface area contributed by atoms with E-state index in [0.29, 0.717) is 6.42 Å². The third kappa shape index (κ3) is 3.13. The molecule has 0 amide bonds. The molecule has 0 aliphatic rings. The number of pyridine rings is 1. The highest BCUT2D eigenvalue weighted by molar-refractivity contribution is 5.10. The third-order valence-corrected chi connectivity index (χ3v) is 2.11. The molecule has 72 valence electrons. The van der Waals surface area contributed by atoms with Gasteiger partial charge in [-0.2, -0.15) is 0 Å². The summed E-state index contributed by atoms with van der Waals surface area (Å²) in [6.45, 7) is 1.85. The molecule has 2 unspecified atom stereocenters. The number of hydrogen-bond donors (Lipinski definition) is 1. The molecule has 3 heteroatoms. The van der Waals surface area contributed by atoms with Crippen LogP contribution in [0.1, 0.15) is 12.5 Å². The van der Waals surface area contributed by atoms with Crippen molar-refractivity contribution in [2.75, 3.05) is 7.11 Å². The number of aliphatic hydroxyl groups is 1. The summed E-state index contributed by atoms with van der Waals surface area (Å²) in [7, 11) is 1.60. The largest absolute Gasteiger partial charge is 0.390 e. The van der Waals surface area contributed by atoms with E-state index in [1.54, 1.807) is 19.5 Å². The molecule has 0 radical (unpaired) electrons. The Bertz CT molecular complexity index is 238. The van der Waals surface area contributed by atoms with E-state index in [1.165, 1.54) is 0 Å². The van der Waals surface area contributed by atoms with Crippen LogP contribution in [0.4, 0.5) is 0 Å². The van der Waals surface area contributed by atoms with Crippen molar-refractivity contribution in [1.29, 1.82) is 0 Å². The fraction of sp³-hybridized carbons (Fsp3) is 0.500. The van der Waals surface area contributed by atoms with E-state index < -0.39 is 6.10 Å². The maximum absolute atomic E-state index is 9.63. The van der Waals surface area contributed by atoms with Crippen molar-refractivity contribution in [3.05, 3.63) is 30.1 Å². The smallest absolute Gasteiger partial charge is 0.0839 e. The molecule has 0 saturated carbocycles. The first-order valence-corrected chi connectivity index (χ1v) is 4.34. The Morgan fingerprint density at radius 1 is 1.46 bits per heavy atom. The number of hydrogen-bond acceptors (Lipinski definition) is 3. The molecule has 1 aromatic heterocycles. The lowest BCUT2D eigenvalue weighted by molar-refractivity contribution is 0.000400. The van der Waals surface area contributed by atoms with Crippen LogP contribution in [0.3, 0.4) is 0 Å². The van der Waals surface area contributed by atoms with Crippen molar-refractivity contribution >= 4 is 0 Å². The van der Waals surface area contributed by atoms with Gasteiger partial charge in [0.25, 0.3) is 0 Å². The van der Waals surface area contributed by atoms with E-state index >= 15 is 0 Å². The summed E-state index contributed by atoms with van der Waals surface area (Å²) in [5.74, 6) is 0. The Morgan fingerprint density at radius 2 is 2.08 bits per heavy atom. The topological polar surface area (TPSA) is 42.4 Å². The SMILES string of the molecule is COC(C)C(O)Cc1ccncc1. The molecule has 2 atom stereocenters. The highest BCUT2D eigenvalue weighted by Crippen LogP contribution is 2.06. The van der Waals surface area contributed by atoms with Gasteiger partial charge in [-0.1, -0.05) is 0 Å². The van der Waals surface area contributed by atoms with Gasteiger partial charge in [0.2, 0.25) is 0 Å². The molecule has 0 aromatic carbocycles. The zero-order chi connectivity index (χ0) is 9.68. The Balaban J connectivity index is 2.50. The Labute approximate surface area is 78.4 Å². The fourth-order valence-corrected chi connectivity index (χ4v) is 1.08. The summed E-state index contributed by atoms with van der Waals surface area (Å²) < 4.78 is 5.02. The van der Waals surface area contributed by atoms with Crippen molar-refractivity contribution in [3.63, 3.8) is 0 Å². The van der Waals surface area contributed by atoms with E-state index in [-0.39, 0.29) is 6.10 Å². The van der Waals surface area contributed by atoms with E-state index in [0.717, 1.165) is 5.56 Å². The molecular formula is C10H15NO2. The first kappa shape index (κ1) is 10.2. The van der Waals surface area contributed by atoms with Crippen LogP contribution in [-0.2, 0) is 11.2 Å². The van der Waals surface area contributed by atoms with E-state index in [4.69, 9.17) is 4.74 Å². The number of methoxy groups -OCH3 is 1. The lowest BCUT2D eigenvalue weighted by Crippen LogP contribution is -2.26. The predicted octanol–water partition coefficient (Wildman–Crippen LogP) is 1.02. The molecule has 0 fully saturated rings. The minimum absolute atomic E-state index is 0.131. The second kappa shape index (κ2) is 4.94. The summed E-state index contributed by atoms with van der Waals surface area (Å²) in [6, 6.07) is 3.79. The fourth-order valence-electron chi connectivity index (χ4n) is 1.08. The quantitative estimate of drug-likeness (QED) is 0.754. The van der Waals surface area contributed by atoms with Crippen LogP contribution >= 0.6 is 0 Å². The second-order valence-corrected chi connectivity index (χ2v) is 3.07. The van der Waals surface area contributed by atoms with Crippen LogP contribution in [0, 0.1) is 0 Å². The number of nitrogens with zero attached hydrogens (tertiary/aromatic N) is 1. The van der Waals surface area contributed by atoms with Crippen molar-refractivity contribution in [2.45, 2.75) is 25.6 Å². The maximum Gasteiger partial charge on any atom is 0.0839 e. The van der Waals surface area contributed by atoms with Crippen molar-refractivity contribution in [1.82, 2.24) is 4.98 Å². The maximum atomic E-state index is 9.63. The standard InChI is InChI=1S/C10H15NO2/c1-8(13-2)10(12)7-9-3-5-11-6-4-9/h3-6,8,10,12H,7H2,1-2H3. The molecule has 0 bridgehead atoms. The summed E-state index contributed by atoms with van der Waals surface area (Å²) in [6.07, 6.45) is 3.47. The molecule has 0 spiro atoms. The zero-order valence-corrected chi connectivity index (χ0v) is 7.97. The predicted molar refractivity (Wildman–Crippen MR) is 50.4 cm³/mol. The van der Waals surface area contributed by atoms with Gasteiger partial charge >= 0.3 is 0 Å². The minimum atomic E-state index is -0.451. The molecule has 1 N–H and O–H groups in total. The van der Waals surface area contributed by atoms with Crippen LogP contribution in [0.25, 0.3) is 0 Å². The van der Waals surface area contributed by atoms with Crippen LogP contribution in [-0.4, -0.2) is 29.4 Å². The van der Waals surface area contributed by atoms with Crippen molar-refractivity contribution < 1.29 is 9.84 Å². The Kier molecular flexibility index (Phi) is 3.86.